The molecule has 1 rings (SSSR count). The second-order valence-electron chi connectivity index (χ2n) is 4.86. The number of benzene rings is 1. The minimum atomic E-state index is -0.138. The van der Waals surface area contributed by atoms with Crippen LogP contribution in [0.1, 0.15) is 44.2 Å². The van der Waals surface area contributed by atoms with E-state index in [9.17, 15) is 0 Å². The van der Waals surface area contributed by atoms with E-state index in [-0.39, 0.29) is 6.04 Å². The van der Waals surface area contributed by atoms with Crippen molar-refractivity contribution >= 4 is 0 Å². The Hall–Kier alpha value is -1.26. The summed E-state index contributed by atoms with van der Waals surface area (Å²) < 4.78 is 16.1. The molecule has 0 heterocycles. The molecule has 1 atom stereocenters. The summed E-state index contributed by atoms with van der Waals surface area (Å²) in [6.07, 6.45) is 4.84. The molecule has 0 saturated carbocycles. The molecule has 0 aliphatic rings. The van der Waals surface area contributed by atoms with Crippen LogP contribution in [-0.4, -0.2) is 27.4 Å². The first kappa shape index (κ1) is 16.8. The average molecular weight is 281 g/mol. The van der Waals surface area contributed by atoms with Gasteiger partial charge in [-0.3, -0.25) is 0 Å². The third-order valence-corrected chi connectivity index (χ3v) is 3.28. The molecule has 2 N–H and O–H groups in total. The van der Waals surface area contributed by atoms with E-state index in [2.05, 4.69) is 6.92 Å². The number of hydrogen-bond acceptors (Lipinski definition) is 4. The third-order valence-electron chi connectivity index (χ3n) is 3.28. The Kier molecular flexibility index (Phi) is 8.07. The molecular formula is C16H27NO3. The summed E-state index contributed by atoms with van der Waals surface area (Å²) in [5.41, 5.74) is 7.13. The van der Waals surface area contributed by atoms with Gasteiger partial charge in [-0.1, -0.05) is 32.3 Å². The molecule has 1 aromatic rings. The molecule has 1 aromatic carbocycles. The number of nitrogens with two attached hydrogens (primary N) is 1. The molecule has 0 saturated heterocycles. The maximum Gasteiger partial charge on any atom is 0.161 e. The normalized spacial score (nSPS) is 12.2. The lowest BCUT2D eigenvalue weighted by atomic mass is 10.1. The van der Waals surface area contributed by atoms with Crippen LogP contribution in [0.25, 0.3) is 0 Å². The van der Waals surface area contributed by atoms with E-state index in [0.717, 1.165) is 18.6 Å². The van der Waals surface area contributed by atoms with Crippen LogP contribution < -0.4 is 15.2 Å². The van der Waals surface area contributed by atoms with Crippen molar-refractivity contribution in [3.05, 3.63) is 23.8 Å². The molecule has 0 amide bonds. The van der Waals surface area contributed by atoms with Gasteiger partial charge in [0, 0.05) is 6.61 Å². The predicted molar refractivity (Wildman–Crippen MR) is 81.4 cm³/mol. The monoisotopic (exact) mass is 281 g/mol. The highest BCUT2D eigenvalue weighted by molar-refractivity contribution is 5.43. The second kappa shape index (κ2) is 9.61. The fraction of sp³-hybridized carbons (Fsp3) is 0.625. The molecule has 0 bridgehead atoms. The number of unbranched alkanes of at least 4 members (excludes halogenated alkanes) is 3. The van der Waals surface area contributed by atoms with Gasteiger partial charge in [0.25, 0.3) is 0 Å². The van der Waals surface area contributed by atoms with E-state index in [1.165, 1.54) is 19.3 Å². The fourth-order valence-electron chi connectivity index (χ4n) is 2.02. The Labute approximate surface area is 122 Å². The standard InChI is InChI=1S/C16H27NO3/c1-4-5-6-7-10-20-12-14(17)13-8-9-15(18-2)16(11-13)19-3/h8-9,11,14H,4-7,10,12,17H2,1-3H3. The van der Waals surface area contributed by atoms with Gasteiger partial charge in [-0.15, -0.1) is 0 Å². The molecular weight excluding hydrogens is 254 g/mol. The third kappa shape index (κ3) is 5.39. The highest BCUT2D eigenvalue weighted by atomic mass is 16.5. The summed E-state index contributed by atoms with van der Waals surface area (Å²) in [4.78, 5) is 0. The van der Waals surface area contributed by atoms with Gasteiger partial charge >= 0.3 is 0 Å². The number of methoxy groups -OCH3 is 2. The molecule has 0 aliphatic heterocycles. The largest absolute Gasteiger partial charge is 0.493 e. The van der Waals surface area contributed by atoms with Gasteiger partial charge < -0.3 is 19.9 Å². The van der Waals surface area contributed by atoms with E-state index >= 15 is 0 Å². The fourth-order valence-corrected chi connectivity index (χ4v) is 2.02. The first-order chi connectivity index (χ1) is 9.72. The molecule has 0 fully saturated rings. The van der Waals surface area contributed by atoms with Crippen molar-refractivity contribution in [2.45, 2.75) is 38.6 Å². The van der Waals surface area contributed by atoms with Crippen molar-refractivity contribution in [1.82, 2.24) is 0 Å². The van der Waals surface area contributed by atoms with E-state index in [0.29, 0.717) is 18.1 Å². The van der Waals surface area contributed by atoms with E-state index < -0.39 is 0 Å². The predicted octanol–water partition coefficient (Wildman–Crippen LogP) is 3.30. The minimum Gasteiger partial charge on any atom is -0.493 e. The van der Waals surface area contributed by atoms with Gasteiger partial charge in [0.15, 0.2) is 11.5 Å². The van der Waals surface area contributed by atoms with Crippen molar-refractivity contribution in [3.8, 4) is 11.5 Å². The number of rotatable bonds is 10. The lowest BCUT2D eigenvalue weighted by Gasteiger charge is -2.15. The Morgan fingerprint density at radius 1 is 1.05 bits per heavy atom. The molecule has 114 valence electrons. The molecule has 0 spiro atoms. The summed E-state index contributed by atoms with van der Waals surface area (Å²) in [7, 11) is 3.24. The second-order valence-corrected chi connectivity index (χ2v) is 4.86. The van der Waals surface area contributed by atoms with Gasteiger partial charge in [-0.2, -0.15) is 0 Å². The smallest absolute Gasteiger partial charge is 0.161 e. The van der Waals surface area contributed by atoms with Crippen LogP contribution in [0.5, 0.6) is 11.5 Å². The summed E-state index contributed by atoms with van der Waals surface area (Å²) in [6.45, 7) is 3.51. The quantitative estimate of drug-likeness (QED) is 0.669. The molecule has 20 heavy (non-hydrogen) atoms. The summed E-state index contributed by atoms with van der Waals surface area (Å²) in [5.74, 6) is 1.41. The van der Waals surface area contributed by atoms with Crippen LogP contribution in [0.15, 0.2) is 18.2 Å². The highest BCUT2D eigenvalue weighted by Crippen LogP contribution is 2.29. The Morgan fingerprint density at radius 3 is 2.45 bits per heavy atom. The molecule has 1 unspecified atom stereocenters. The van der Waals surface area contributed by atoms with Crippen molar-refractivity contribution in [2.24, 2.45) is 5.73 Å². The van der Waals surface area contributed by atoms with Crippen molar-refractivity contribution in [2.75, 3.05) is 27.4 Å². The molecule has 4 nitrogen and oxygen atoms in total. The van der Waals surface area contributed by atoms with E-state index in [1.54, 1.807) is 14.2 Å². The van der Waals surface area contributed by atoms with Crippen molar-refractivity contribution < 1.29 is 14.2 Å². The van der Waals surface area contributed by atoms with Crippen LogP contribution in [0.2, 0.25) is 0 Å². The van der Waals surface area contributed by atoms with Gasteiger partial charge in [0.1, 0.15) is 0 Å². The van der Waals surface area contributed by atoms with Crippen molar-refractivity contribution in [1.29, 1.82) is 0 Å². The highest BCUT2D eigenvalue weighted by Gasteiger charge is 2.10. The maximum absolute atomic E-state index is 6.13. The topological polar surface area (TPSA) is 53.7 Å². The van der Waals surface area contributed by atoms with Crippen LogP contribution in [-0.2, 0) is 4.74 Å². The van der Waals surface area contributed by atoms with Crippen LogP contribution >= 0.6 is 0 Å². The van der Waals surface area contributed by atoms with E-state index in [1.807, 2.05) is 18.2 Å². The molecule has 0 aliphatic carbocycles. The van der Waals surface area contributed by atoms with Gasteiger partial charge in [-0.05, 0) is 24.1 Å². The summed E-state index contributed by atoms with van der Waals surface area (Å²) in [6, 6.07) is 5.59. The lowest BCUT2D eigenvalue weighted by molar-refractivity contribution is 0.117. The van der Waals surface area contributed by atoms with E-state index in [4.69, 9.17) is 19.9 Å². The summed E-state index contributed by atoms with van der Waals surface area (Å²) in [5, 5.41) is 0. The van der Waals surface area contributed by atoms with Crippen molar-refractivity contribution in [3.63, 3.8) is 0 Å². The van der Waals surface area contributed by atoms with Gasteiger partial charge in [0.05, 0.1) is 26.9 Å². The Balaban J connectivity index is 2.41. The molecule has 0 aromatic heterocycles. The Bertz CT molecular complexity index is 382. The minimum absolute atomic E-state index is 0.138. The SMILES string of the molecule is CCCCCCOCC(N)c1ccc(OC)c(OC)c1. The first-order valence-corrected chi connectivity index (χ1v) is 7.28. The molecule has 4 heteroatoms. The van der Waals surface area contributed by atoms with Gasteiger partial charge in [-0.25, -0.2) is 0 Å². The van der Waals surface area contributed by atoms with Crippen LogP contribution in [0.3, 0.4) is 0 Å². The first-order valence-electron chi connectivity index (χ1n) is 7.28. The Morgan fingerprint density at radius 2 is 1.80 bits per heavy atom. The zero-order valence-corrected chi connectivity index (χ0v) is 12.9. The average Bonchev–Trinajstić information content (AvgIpc) is 2.49. The number of ether oxygens (including phenoxy) is 3. The van der Waals surface area contributed by atoms with Gasteiger partial charge in [0.2, 0.25) is 0 Å². The number of hydrogen-bond donors (Lipinski definition) is 1. The zero-order chi connectivity index (χ0) is 14.8. The van der Waals surface area contributed by atoms with Crippen LogP contribution in [0, 0.1) is 0 Å². The zero-order valence-electron chi connectivity index (χ0n) is 12.9. The maximum atomic E-state index is 6.13. The molecule has 0 radical (unpaired) electrons. The lowest BCUT2D eigenvalue weighted by Crippen LogP contribution is -2.17. The van der Waals surface area contributed by atoms with Crippen LogP contribution in [0.4, 0.5) is 0 Å². The summed E-state index contributed by atoms with van der Waals surface area (Å²) >= 11 is 0.